The lowest BCUT2D eigenvalue weighted by atomic mass is 10.1. The normalized spacial score (nSPS) is 22.5. The molecule has 1 aliphatic heterocycles. The Bertz CT molecular complexity index is 448. The first kappa shape index (κ1) is 14.0. The highest BCUT2D eigenvalue weighted by Gasteiger charge is 2.32. The predicted molar refractivity (Wildman–Crippen MR) is 76.4 cm³/mol. The number of rotatable bonds is 4. The molecule has 1 amide bonds. The number of nitrogens with zero attached hydrogens (tertiary/aromatic N) is 1. The van der Waals surface area contributed by atoms with Gasteiger partial charge in [-0.1, -0.05) is 12.1 Å². The summed E-state index contributed by atoms with van der Waals surface area (Å²) in [5.74, 6) is 0.132. The SMILES string of the molecule is CCN(C(=O)C1CC(OC)CN1)c1cccc(C)c1. The molecule has 0 spiro atoms. The zero-order chi connectivity index (χ0) is 13.8. The number of methoxy groups -OCH3 is 1. The second kappa shape index (κ2) is 6.17. The molecule has 1 fully saturated rings. The maximum absolute atomic E-state index is 12.6. The van der Waals surface area contributed by atoms with Crippen LogP contribution in [-0.2, 0) is 9.53 Å². The first-order valence-electron chi connectivity index (χ1n) is 6.80. The van der Waals surface area contributed by atoms with Gasteiger partial charge in [0.05, 0.1) is 12.1 Å². The van der Waals surface area contributed by atoms with Gasteiger partial charge in [0.2, 0.25) is 5.91 Å². The lowest BCUT2D eigenvalue weighted by molar-refractivity contribution is -0.120. The number of likely N-dealkylation sites (N-methyl/N-ethyl adjacent to an activating group) is 1. The van der Waals surface area contributed by atoms with Crippen LogP contribution in [0.25, 0.3) is 0 Å². The molecule has 0 saturated carbocycles. The van der Waals surface area contributed by atoms with E-state index in [1.165, 1.54) is 0 Å². The van der Waals surface area contributed by atoms with Crippen molar-refractivity contribution in [3.05, 3.63) is 29.8 Å². The lowest BCUT2D eigenvalue weighted by Crippen LogP contribution is -2.43. The van der Waals surface area contributed by atoms with Gasteiger partial charge in [0.15, 0.2) is 0 Å². The first-order valence-corrected chi connectivity index (χ1v) is 6.80. The number of anilines is 1. The van der Waals surface area contributed by atoms with Crippen LogP contribution in [-0.4, -0.2) is 38.3 Å². The van der Waals surface area contributed by atoms with E-state index in [4.69, 9.17) is 4.74 Å². The summed E-state index contributed by atoms with van der Waals surface area (Å²) in [5.41, 5.74) is 2.13. The summed E-state index contributed by atoms with van der Waals surface area (Å²) in [6.07, 6.45) is 0.891. The van der Waals surface area contributed by atoms with Crippen molar-refractivity contribution in [3.8, 4) is 0 Å². The van der Waals surface area contributed by atoms with Gasteiger partial charge >= 0.3 is 0 Å². The smallest absolute Gasteiger partial charge is 0.244 e. The second-order valence-corrected chi connectivity index (χ2v) is 4.98. The van der Waals surface area contributed by atoms with Crippen molar-refractivity contribution in [1.29, 1.82) is 0 Å². The quantitative estimate of drug-likeness (QED) is 0.898. The minimum Gasteiger partial charge on any atom is -0.380 e. The third-order valence-corrected chi connectivity index (χ3v) is 3.62. The molecule has 1 heterocycles. The van der Waals surface area contributed by atoms with Gasteiger partial charge < -0.3 is 15.0 Å². The van der Waals surface area contributed by atoms with E-state index < -0.39 is 0 Å². The largest absolute Gasteiger partial charge is 0.380 e. The van der Waals surface area contributed by atoms with Crippen molar-refractivity contribution >= 4 is 11.6 Å². The van der Waals surface area contributed by atoms with Crippen LogP contribution in [0, 0.1) is 6.92 Å². The fourth-order valence-electron chi connectivity index (χ4n) is 2.52. The Morgan fingerprint density at radius 3 is 2.89 bits per heavy atom. The third kappa shape index (κ3) is 3.14. The molecule has 0 aliphatic carbocycles. The average Bonchev–Trinajstić information content (AvgIpc) is 2.88. The van der Waals surface area contributed by atoms with Crippen LogP contribution in [0.5, 0.6) is 0 Å². The highest BCUT2D eigenvalue weighted by Crippen LogP contribution is 2.19. The maximum atomic E-state index is 12.6. The van der Waals surface area contributed by atoms with Crippen molar-refractivity contribution in [2.24, 2.45) is 0 Å². The zero-order valence-corrected chi connectivity index (χ0v) is 11.8. The number of nitrogens with one attached hydrogen (secondary N) is 1. The maximum Gasteiger partial charge on any atom is 0.244 e. The van der Waals surface area contributed by atoms with Gasteiger partial charge in [-0.25, -0.2) is 0 Å². The number of hydrogen-bond donors (Lipinski definition) is 1. The number of aryl methyl sites for hydroxylation is 1. The van der Waals surface area contributed by atoms with Crippen LogP contribution in [0.1, 0.15) is 18.9 Å². The van der Waals surface area contributed by atoms with Crippen LogP contribution < -0.4 is 10.2 Å². The number of benzene rings is 1. The molecule has 104 valence electrons. The van der Waals surface area contributed by atoms with E-state index in [0.29, 0.717) is 6.54 Å². The minimum absolute atomic E-state index is 0.132. The van der Waals surface area contributed by atoms with E-state index in [1.54, 1.807) is 7.11 Å². The predicted octanol–water partition coefficient (Wildman–Crippen LogP) is 1.72. The Morgan fingerprint density at radius 2 is 2.32 bits per heavy atom. The van der Waals surface area contributed by atoms with Crippen LogP contribution in [0.3, 0.4) is 0 Å². The van der Waals surface area contributed by atoms with Gasteiger partial charge in [-0.2, -0.15) is 0 Å². The summed E-state index contributed by atoms with van der Waals surface area (Å²) in [7, 11) is 1.69. The Labute approximate surface area is 114 Å². The fraction of sp³-hybridized carbons (Fsp3) is 0.533. The van der Waals surface area contributed by atoms with Crippen LogP contribution in [0.15, 0.2) is 24.3 Å². The Kier molecular flexibility index (Phi) is 4.56. The molecule has 2 unspecified atom stereocenters. The highest BCUT2D eigenvalue weighted by molar-refractivity contribution is 5.97. The molecular formula is C15H22N2O2. The number of hydrogen-bond acceptors (Lipinski definition) is 3. The number of amides is 1. The van der Waals surface area contributed by atoms with E-state index in [2.05, 4.69) is 5.32 Å². The van der Waals surface area contributed by atoms with E-state index in [0.717, 1.165) is 24.2 Å². The molecule has 1 aromatic carbocycles. The molecule has 1 aromatic rings. The summed E-state index contributed by atoms with van der Waals surface area (Å²) in [6.45, 7) is 5.47. The fourth-order valence-corrected chi connectivity index (χ4v) is 2.52. The van der Waals surface area contributed by atoms with E-state index in [9.17, 15) is 4.79 Å². The standard InChI is InChI=1S/C15H22N2O2/c1-4-17(12-7-5-6-11(2)8-12)15(18)14-9-13(19-3)10-16-14/h5-8,13-14,16H,4,9-10H2,1-3H3. The summed E-state index contributed by atoms with van der Waals surface area (Å²) in [6, 6.07) is 7.92. The van der Waals surface area contributed by atoms with Crippen molar-refractivity contribution in [3.63, 3.8) is 0 Å². The average molecular weight is 262 g/mol. The van der Waals surface area contributed by atoms with Gasteiger partial charge in [0, 0.05) is 25.9 Å². The summed E-state index contributed by atoms with van der Waals surface area (Å²) < 4.78 is 5.30. The number of carbonyl (C=O) groups excluding carboxylic acids is 1. The zero-order valence-electron chi connectivity index (χ0n) is 11.8. The van der Waals surface area contributed by atoms with E-state index >= 15 is 0 Å². The van der Waals surface area contributed by atoms with Crippen molar-refractivity contribution in [2.45, 2.75) is 32.4 Å². The minimum atomic E-state index is -0.134. The van der Waals surface area contributed by atoms with Crippen molar-refractivity contribution in [1.82, 2.24) is 5.32 Å². The molecule has 2 atom stereocenters. The molecule has 4 heteroatoms. The molecule has 2 rings (SSSR count). The molecule has 0 radical (unpaired) electrons. The first-order chi connectivity index (χ1) is 9.15. The molecular weight excluding hydrogens is 240 g/mol. The summed E-state index contributed by atoms with van der Waals surface area (Å²) >= 11 is 0. The van der Waals surface area contributed by atoms with Gasteiger partial charge in [-0.3, -0.25) is 4.79 Å². The van der Waals surface area contributed by atoms with Gasteiger partial charge in [-0.05, 0) is 38.0 Å². The monoisotopic (exact) mass is 262 g/mol. The van der Waals surface area contributed by atoms with Crippen molar-refractivity contribution < 1.29 is 9.53 Å². The second-order valence-electron chi connectivity index (χ2n) is 4.98. The van der Waals surface area contributed by atoms with E-state index in [1.807, 2.05) is 43.0 Å². The topological polar surface area (TPSA) is 41.6 Å². The molecule has 1 saturated heterocycles. The van der Waals surface area contributed by atoms with Gasteiger partial charge in [-0.15, -0.1) is 0 Å². The van der Waals surface area contributed by atoms with Crippen LogP contribution in [0.2, 0.25) is 0 Å². The number of ether oxygens (including phenoxy) is 1. The molecule has 19 heavy (non-hydrogen) atoms. The third-order valence-electron chi connectivity index (χ3n) is 3.62. The van der Waals surface area contributed by atoms with Crippen LogP contribution >= 0.6 is 0 Å². The molecule has 1 N–H and O–H groups in total. The van der Waals surface area contributed by atoms with Crippen LogP contribution in [0.4, 0.5) is 5.69 Å². The Hall–Kier alpha value is -1.39. The molecule has 0 bridgehead atoms. The highest BCUT2D eigenvalue weighted by atomic mass is 16.5. The van der Waals surface area contributed by atoms with Crippen molar-refractivity contribution in [2.75, 3.05) is 25.1 Å². The number of carbonyl (C=O) groups is 1. The molecule has 0 aromatic heterocycles. The van der Waals surface area contributed by atoms with Gasteiger partial charge in [0.1, 0.15) is 0 Å². The summed E-state index contributed by atoms with van der Waals surface area (Å²) in [4.78, 5) is 14.4. The molecule has 1 aliphatic rings. The van der Waals surface area contributed by atoms with E-state index in [-0.39, 0.29) is 18.1 Å². The lowest BCUT2D eigenvalue weighted by Gasteiger charge is -2.24. The summed E-state index contributed by atoms with van der Waals surface area (Å²) in [5, 5.41) is 3.24. The Balaban J connectivity index is 2.12. The van der Waals surface area contributed by atoms with Gasteiger partial charge in [0.25, 0.3) is 0 Å². The molecule has 4 nitrogen and oxygen atoms in total. The Morgan fingerprint density at radius 1 is 1.53 bits per heavy atom.